The lowest BCUT2D eigenvalue weighted by Gasteiger charge is -2.40. The van der Waals surface area contributed by atoms with E-state index >= 15 is 0 Å². The molecule has 2 aliphatic carbocycles. The maximum atomic E-state index is 6.06. The van der Waals surface area contributed by atoms with Crippen LogP contribution in [0.15, 0.2) is 0 Å². The average Bonchev–Trinajstić information content (AvgIpc) is 2.40. The molecule has 0 amide bonds. The molecular formula is C15H30N2. The molecule has 3 N–H and O–H groups in total. The van der Waals surface area contributed by atoms with Gasteiger partial charge in [0.15, 0.2) is 0 Å². The first-order valence-electron chi connectivity index (χ1n) is 7.68. The van der Waals surface area contributed by atoms with Crippen molar-refractivity contribution in [3.05, 3.63) is 0 Å². The molecule has 2 rings (SSSR count). The van der Waals surface area contributed by atoms with Crippen molar-refractivity contribution in [3.63, 3.8) is 0 Å². The largest absolute Gasteiger partial charge is 0.330 e. The molecule has 100 valence electrons. The van der Waals surface area contributed by atoms with Crippen LogP contribution in [0.3, 0.4) is 0 Å². The van der Waals surface area contributed by atoms with E-state index in [0.29, 0.717) is 5.41 Å². The van der Waals surface area contributed by atoms with Gasteiger partial charge in [-0.2, -0.15) is 0 Å². The van der Waals surface area contributed by atoms with Crippen LogP contribution < -0.4 is 11.1 Å². The van der Waals surface area contributed by atoms with E-state index in [4.69, 9.17) is 5.73 Å². The molecule has 2 heteroatoms. The van der Waals surface area contributed by atoms with Crippen LogP contribution in [0, 0.1) is 11.3 Å². The summed E-state index contributed by atoms with van der Waals surface area (Å²) in [7, 11) is 0. The van der Waals surface area contributed by atoms with Crippen LogP contribution in [0.2, 0.25) is 0 Å². The zero-order valence-electron chi connectivity index (χ0n) is 11.5. The van der Waals surface area contributed by atoms with Crippen molar-refractivity contribution in [2.75, 3.05) is 13.1 Å². The Labute approximate surface area is 107 Å². The highest BCUT2D eigenvalue weighted by molar-refractivity contribution is 4.88. The van der Waals surface area contributed by atoms with Crippen LogP contribution in [0.25, 0.3) is 0 Å². The Bertz CT molecular complexity index is 213. The smallest absolute Gasteiger partial charge is 0.00673 e. The second kappa shape index (κ2) is 6.19. The highest BCUT2D eigenvalue weighted by atomic mass is 14.9. The molecule has 0 heterocycles. The Balaban J connectivity index is 1.78. The minimum Gasteiger partial charge on any atom is -0.330 e. The van der Waals surface area contributed by atoms with Crippen LogP contribution in [0.5, 0.6) is 0 Å². The molecule has 0 atom stereocenters. The lowest BCUT2D eigenvalue weighted by molar-refractivity contribution is 0.150. The second-order valence-corrected chi connectivity index (χ2v) is 6.60. The van der Waals surface area contributed by atoms with Gasteiger partial charge >= 0.3 is 0 Å². The maximum absolute atomic E-state index is 6.06. The molecule has 0 unspecified atom stereocenters. The highest BCUT2D eigenvalue weighted by Crippen LogP contribution is 2.37. The minimum atomic E-state index is 0.421. The Hall–Kier alpha value is -0.0800. The molecule has 2 aliphatic rings. The summed E-state index contributed by atoms with van der Waals surface area (Å²) in [6.07, 6.45) is 12.5. The van der Waals surface area contributed by atoms with Crippen molar-refractivity contribution in [1.82, 2.24) is 5.32 Å². The van der Waals surface area contributed by atoms with Gasteiger partial charge in [0.05, 0.1) is 0 Å². The first-order chi connectivity index (χ1) is 8.24. The van der Waals surface area contributed by atoms with Gasteiger partial charge in [-0.3, -0.25) is 0 Å². The normalized spacial score (nSPS) is 36.0. The van der Waals surface area contributed by atoms with E-state index in [1.807, 2.05) is 0 Å². The summed E-state index contributed by atoms with van der Waals surface area (Å²) in [4.78, 5) is 0. The third-order valence-electron chi connectivity index (χ3n) is 5.14. The van der Waals surface area contributed by atoms with Crippen LogP contribution in [-0.2, 0) is 0 Å². The fourth-order valence-electron chi connectivity index (χ4n) is 3.50. The summed E-state index contributed by atoms with van der Waals surface area (Å²) in [5, 5.41) is 3.82. The van der Waals surface area contributed by atoms with Gasteiger partial charge in [0.2, 0.25) is 0 Å². The summed E-state index contributed by atoms with van der Waals surface area (Å²) in [6.45, 7) is 4.43. The third-order valence-corrected chi connectivity index (χ3v) is 5.14. The maximum Gasteiger partial charge on any atom is 0.00673 e. The monoisotopic (exact) mass is 238 g/mol. The molecule has 17 heavy (non-hydrogen) atoms. The molecule has 0 aromatic heterocycles. The molecule has 0 saturated heterocycles. The van der Waals surface area contributed by atoms with E-state index in [1.54, 1.807) is 0 Å². The second-order valence-electron chi connectivity index (χ2n) is 6.60. The Morgan fingerprint density at radius 1 is 1.06 bits per heavy atom. The minimum absolute atomic E-state index is 0.421. The number of hydrogen-bond acceptors (Lipinski definition) is 2. The molecular weight excluding hydrogens is 208 g/mol. The van der Waals surface area contributed by atoms with Gasteiger partial charge in [-0.25, -0.2) is 0 Å². The first kappa shape index (κ1) is 13.4. The molecule has 0 bridgehead atoms. The third kappa shape index (κ3) is 3.69. The molecule has 2 saturated carbocycles. The quantitative estimate of drug-likeness (QED) is 0.790. The Morgan fingerprint density at radius 2 is 1.71 bits per heavy atom. The average molecular weight is 238 g/mol. The van der Waals surface area contributed by atoms with Crippen LogP contribution in [0.1, 0.15) is 64.7 Å². The molecule has 0 radical (unpaired) electrons. The van der Waals surface area contributed by atoms with E-state index in [-0.39, 0.29) is 0 Å². The van der Waals surface area contributed by atoms with Crippen molar-refractivity contribution >= 4 is 0 Å². The summed E-state index contributed by atoms with van der Waals surface area (Å²) >= 11 is 0. The number of nitrogens with one attached hydrogen (secondary N) is 1. The molecule has 0 aliphatic heterocycles. The molecule has 0 spiro atoms. The summed E-state index contributed by atoms with van der Waals surface area (Å²) in [6, 6.07) is 0.784. The number of hydrogen-bond donors (Lipinski definition) is 2. The van der Waals surface area contributed by atoms with Crippen LogP contribution >= 0.6 is 0 Å². The van der Waals surface area contributed by atoms with Crippen molar-refractivity contribution in [3.8, 4) is 0 Å². The van der Waals surface area contributed by atoms with Crippen molar-refractivity contribution < 1.29 is 0 Å². The molecule has 2 fully saturated rings. The van der Waals surface area contributed by atoms with Gasteiger partial charge in [0.1, 0.15) is 0 Å². The van der Waals surface area contributed by atoms with E-state index in [9.17, 15) is 0 Å². The van der Waals surface area contributed by atoms with Crippen molar-refractivity contribution in [2.45, 2.75) is 70.8 Å². The lowest BCUT2D eigenvalue weighted by atomic mass is 9.70. The molecule has 0 aromatic rings. The predicted molar refractivity (Wildman–Crippen MR) is 74.0 cm³/mol. The van der Waals surface area contributed by atoms with E-state index in [2.05, 4.69) is 12.2 Å². The molecule has 0 aromatic carbocycles. The van der Waals surface area contributed by atoms with Gasteiger partial charge in [-0.05, 0) is 43.6 Å². The predicted octanol–water partition coefficient (Wildman–Crippen LogP) is 3.06. The standard InChI is InChI=1S/C15H30N2/c1-13-7-9-15(11-16,10-8-13)12-17-14-5-3-2-4-6-14/h13-14,17H,2-12,16H2,1H3. The van der Waals surface area contributed by atoms with Crippen molar-refractivity contribution in [2.24, 2.45) is 17.1 Å². The zero-order valence-corrected chi connectivity index (χ0v) is 11.5. The van der Waals surface area contributed by atoms with E-state index in [0.717, 1.165) is 18.5 Å². The van der Waals surface area contributed by atoms with Gasteiger partial charge in [-0.15, -0.1) is 0 Å². The van der Waals surface area contributed by atoms with E-state index < -0.39 is 0 Å². The van der Waals surface area contributed by atoms with Gasteiger partial charge in [-0.1, -0.05) is 39.0 Å². The highest BCUT2D eigenvalue weighted by Gasteiger charge is 2.33. The zero-order chi connectivity index (χ0) is 12.1. The number of rotatable bonds is 4. The van der Waals surface area contributed by atoms with Crippen LogP contribution in [0.4, 0.5) is 0 Å². The SMILES string of the molecule is CC1CCC(CN)(CNC2CCCCC2)CC1. The fraction of sp³-hybridized carbons (Fsp3) is 1.00. The summed E-state index contributed by atoms with van der Waals surface area (Å²) < 4.78 is 0. The lowest BCUT2D eigenvalue weighted by Crippen LogP contribution is -2.46. The van der Waals surface area contributed by atoms with Crippen LogP contribution in [-0.4, -0.2) is 19.1 Å². The van der Waals surface area contributed by atoms with E-state index in [1.165, 1.54) is 64.3 Å². The molecule has 2 nitrogen and oxygen atoms in total. The van der Waals surface area contributed by atoms with Gasteiger partial charge in [0.25, 0.3) is 0 Å². The van der Waals surface area contributed by atoms with Crippen molar-refractivity contribution in [1.29, 1.82) is 0 Å². The first-order valence-corrected chi connectivity index (χ1v) is 7.68. The summed E-state index contributed by atoms with van der Waals surface area (Å²) in [5.74, 6) is 0.921. The van der Waals surface area contributed by atoms with Gasteiger partial charge < -0.3 is 11.1 Å². The van der Waals surface area contributed by atoms with Gasteiger partial charge in [0, 0.05) is 12.6 Å². The topological polar surface area (TPSA) is 38.0 Å². The number of nitrogens with two attached hydrogens (primary N) is 1. The fourth-order valence-corrected chi connectivity index (χ4v) is 3.50. The summed E-state index contributed by atoms with van der Waals surface area (Å²) in [5.41, 5.74) is 6.48. The Kier molecular flexibility index (Phi) is 4.87. The Morgan fingerprint density at radius 3 is 2.29 bits per heavy atom.